The van der Waals surface area contributed by atoms with Gasteiger partial charge in [0.05, 0.1) is 24.2 Å². The van der Waals surface area contributed by atoms with Crippen LogP contribution < -0.4 is 0 Å². The van der Waals surface area contributed by atoms with E-state index < -0.39 is 22.7 Å². The average Bonchev–Trinajstić information content (AvgIpc) is 3.32. The summed E-state index contributed by atoms with van der Waals surface area (Å²) in [5, 5.41) is 22.9. The summed E-state index contributed by atoms with van der Waals surface area (Å²) in [6, 6.07) is 0. The van der Waals surface area contributed by atoms with Crippen LogP contribution in [0.1, 0.15) is 66.2 Å². The van der Waals surface area contributed by atoms with Gasteiger partial charge in [-0.2, -0.15) is 0 Å². The minimum absolute atomic E-state index is 0.0182. The number of fused-ring (bicyclic) bond motifs is 4. The van der Waals surface area contributed by atoms with Crippen molar-refractivity contribution in [1.29, 1.82) is 0 Å². The second-order valence-corrected chi connectivity index (χ2v) is 10.2. The molecule has 0 aromatic rings. The first-order chi connectivity index (χ1) is 12.1. The van der Waals surface area contributed by atoms with Crippen LogP contribution in [0.15, 0.2) is 0 Å². The lowest BCUT2D eigenvalue weighted by Crippen LogP contribution is -2.69. The van der Waals surface area contributed by atoms with Crippen LogP contribution in [0.5, 0.6) is 0 Å². The fourth-order valence-electron chi connectivity index (χ4n) is 7.49. The molecule has 0 bridgehead atoms. The summed E-state index contributed by atoms with van der Waals surface area (Å²) >= 11 is 0. The molecule has 3 saturated carbocycles. The van der Waals surface area contributed by atoms with Gasteiger partial charge >= 0.3 is 5.97 Å². The lowest BCUT2D eigenvalue weighted by Gasteiger charge is -2.63. The monoisotopic (exact) mass is 366 g/mol. The molecule has 0 aromatic heterocycles. The summed E-state index contributed by atoms with van der Waals surface area (Å²) in [4.78, 5) is 12.6. The van der Waals surface area contributed by atoms with E-state index in [-0.39, 0.29) is 35.2 Å². The highest BCUT2D eigenvalue weighted by molar-refractivity contribution is 5.77. The number of aliphatic hydroxyl groups excluding tert-OH is 1. The zero-order valence-electron chi connectivity index (χ0n) is 16.7. The average molecular weight is 366 g/mol. The SMILES string of the molecule is COC(=O)[C@]1(C)CCC[C@@]2(C)[C@H]3C[C@@H]4O[C@@]4(C(C)C)[C@@H](O)[C@@]3(O)CC[C@H]21. The van der Waals surface area contributed by atoms with Gasteiger partial charge in [-0.05, 0) is 62.2 Å². The van der Waals surface area contributed by atoms with Gasteiger partial charge in [-0.25, -0.2) is 0 Å². The first-order valence-corrected chi connectivity index (χ1v) is 10.2. The first kappa shape index (κ1) is 18.7. The highest BCUT2D eigenvalue weighted by atomic mass is 16.6. The quantitative estimate of drug-likeness (QED) is 0.580. The molecular formula is C21H34O5. The van der Waals surface area contributed by atoms with Crippen LogP contribution in [0.4, 0.5) is 0 Å². The maximum Gasteiger partial charge on any atom is 0.311 e. The molecule has 0 aromatic carbocycles. The molecule has 1 saturated heterocycles. The number of methoxy groups -OCH3 is 1. The molecule has 0 amide bonds. The number of ether oxygens (including phenoxy) is 2. The standard InChI is InChI=1S/C21H34O5/c1-12(2)21-15(26-21)11-14-18(3)8-6-9-19(4,17(23)25-5)13(18)7-10-20(14,24)16(21)22/h12-16,22,24H,6-11H2,1-5H3/t13-,14-,15+,16+,18-,19-,20-,21-/m1/s1. The van der Waals surface area contributed by atoms with Gasteiger partial charge in [-0.1, -0.05) is 27.2 Å². The fourth-order valence-corrected chi connectivity index (χ4v) is 7.49. The number of carbonyl (C=O) groups is 1. The van der Waals surface area contributed by atoms with E-state index in [1.165, 1.54) is 7.11 Å². The van der Waals surface area contributed by atoms with Gasteiger partial charge in [-0.3, -0.25) is 4.79 Å². The Morgan fingerprint density at radius 1 is 1.19 bits per heavy atom. The van der Waals surface area contributed by atoms with E-state index >= 15 is 0 Å². The topological polar surface area (TPSA) is 79.3 Å². The van der Waals surface area contributed by atoms with Gasteiger partial charge in [0.2, 0.25) is 0 Å². The van der Waals surface area contributed by atoms with E-state index in [0.717, 1.165) is 32.1 Å². The zero-order chi connectivity index (χ0) is 19.1. The van der Waals surface area contributed by atoms with Crippen LogP contribution in [0.2, 0.25) is 0 Å². The Bertz CT molecular complexity index is 620. The van der Waals surface area contributed by atoms with Crippen LogP contribution in [0.25, 0.3) is 0 Å². The van der Waals surface area contributed by atoms with E-state index in [4.69, 9.17) is 9.47 Å². The molecule has 5 heteroatoms. The molecule has 5 nitrogen and oxygen atoms in total. The van der Waals surface area contributed by atoms with Crippen molar-refractivity contribution in [2.45, 2.75) is 89.6 Å². The third kappa shape index (κ3) is 2.00. The van der Waals surface area contributed by atoms with Crippen molar-refractivity contribution in [2.24, 2.45) is 28.6 Å². The molecule has 8 atom stereocenters. The van der Waals surface area contributed by atoms with Crippen molar-refractivity contribution in [1.82, 2.24) is 0 Å². The van der Waals surface area contributed by atoms with E-state index in [1.807, 2.05) is 6.92 Å². The Kier molecular flexibility index (Phi) is 3.92. The Labute approximate surface area is 156 Å². The normalized spacial score (nSPS) is 55.5. The smallest absolute Gasteiger partial charge is 0.311 e. The molecule has 0 spiro atoms. The van der Waals surface area contributed by atoms with Gasteiger partial charge in [-0.15, -0.1) is 0 Å². The van der Waals surface area contributed by atoms with Gasteiger partial charge in [0, 0.05) is 0 Å². The molecule has 2 N–H and O–H groups in total. The van der Waals surface area contributed by atoms with Crippen molar-refractivity contribution >= 4 is 5.97 Å². The molecular weight excluding hydrogens is 332 g/mol. The summed E-state index contributed by atoms with van der Waals surface area (Å²) in [6.07, 6.45) is 3.96. The maximum atomic E-state index is 12.6. The van der Waals surface area contributed by atoms with Crippen LogP contribution in [-0.4, -0.2) is 46.7 Å². The number of esters is 1. The molecule has 4 fully saturated rings. The van der Waals surface area contributed by atoms with Crippen molar-refractivity contribution in [3.63, 3.8) is 0 Å². The Hall–Kier alpha value is -0.650. The predicted molar refractivity (Wildman–Crippen MR) is 96.3 cm³/mol. The molecule has 1 aliphatic heterocycles. The van der Waals surface area contributed by atoms with Crippen LogP contribution >= 0.6 is 0 Å². The van der Waals surface area contributed by atoms with Gasteiger partial charge in [0.1, 0.15) is 11.7 Å². The Balaban J connectivity index is 1.73. The van der Waals surface area contributed by atoms with E-state index in [1.54, 1.807) is 0 Å². The minimum Gasteiger partial charge on any atom is -0.469 e. The number of rotatable bonds is 2. The summed E-state index contributed by atoms with van der Waals surface area (Å²) in [7, 11) is 1.47. The van der Waals surface area contributed by atoms with Crippen LogP contribution in [0, 0.1) is 28.6 Å². The fraction of sp³-hybridized carbons (Fsp3) is 0.952. The second-order valence-electron chi connectivity index (χ2n) is 10.2. The Morgan fingerprint density at radius 2 is 1.88 bits per heavy atom. The van der Waals surface area contributed by atoms with Gasteiger partial charge < -0.3 is 19.7 Å². The summed E-state index contributed by atoms with van der Waals surface area (Å²) in [5.41, 5.74) is -2.42. The molecule has 26 heavy (non-hydrogen) atoms. The third-order valence-electron chi connectivity index (χ3n) is 8.91. The number of epoxide rings is 1. The third-order valence-corrected chi connectivity index (χ3v) is 8.91. The van der Waals surface area contributed by atoms with E-state index in [9.17, 15) is 15.0 Å². The molecule has 4 rings (SSSR count). The molecule has 4 aliphatic rings. The zero-order valence-corrected chi connectivity index (χ0v) is 16.7. The predicted octanol–water partition coefficient (Wildman–Crippen LogP) is 2.67. The molecule has 0 unspecified atom stereocenters. The van der Waals surface area contributed by atoms with Gasteiger partial charge in [0.25, 0.3) is 0 Å². The van der Waals surface area contributed by atoms with Crippen molar-refractivity contribution < 1.29 is 24.5 Å². The van der Waals surface area contributed by atoms with Crippen LogP contribution in [0.3, 0.4) is 0 Å². The molecule has 1 heterocycles. The van der Waals surface area contributed by atoms with Crippen molar-refractivity contribution in [3.8, 4) is 0 Å². The minimum atomic E-state index is -1.13. The number of carbonyl (C=O) groups excluding carboxylic acids is 1. The molecule has 148 valence electrons. The Morgan fingerprint density at radius 3 is 2.50 bits per heavy atom. The summed E-state index contributed by atoms with van der Waals surface area (Å²) < 4.78 is 11.2. The number of hydrogen-bond acceptors (Lipinski definition) is 5. The van der Waals surface area contributed by atoms with Gasteiger partial charge in [0.15, 0.2) is 0 Å². The number of aliphatic hydroxyl groups is 2. The maximum absolute atomic E-state index is 12.6. The second kappa shape index (κ2) is 5.45. The van der Waals surface area contributed by atoms with Crippen molar-refractivity contribution in [2.75, 3.05) is 7.11 Å². The summed E-state index contributed by atoms with van der Waals surface area (Å²) in [5.74, 6) is 0.158. The largest absolute Gasteiger partial charge is 0.469 e. The number of hydrogen-bond donors (Lipinski definition) is 2. The lowest BCUT2D eigenvalue weighted by molar-refractivity contribution is -0.240. The van der Waals surface area contributed by atoms with Crippen LogP contribution in [-0.2, 0) is 14.3 Å². The van der Waals surface area contributed by atoms with E-state index in [0.29, 0.717) is 6.42 Å². The van der Waals surface area contributed by atoms with Crippen molar-refractivity contribution in [3.05, 3.63) is 0 Å². The highest BCUT2D eigenvalue weighted by Gasteiger charge is 2.77. The molecule has 0 radical (unpaired) electrons. The summed E-state index contributed by atoms with van der Waals surface area (Å²) in [6.45, 7) is 8.39. The highest BCUT2D eigenvalue weighted by Crippen LogP contribution is 2.69. The first-order valence-electron chi connectivity index (χ1n) is 10.2. The molecule has 3 aliphatic carbocycles. The lowest BCUT2D eigenvalue weighted by atomic mass is 9.42. The van der Waals surface area contributed by atoms with E-state index in [2.05, 4.69) is 20.8 Å².